The summed E-state index contributed by atoms with van der Waals surface area (Å²) >= 11 is 0. The van der Waals surface area contributed by atoms with Crippen LogP contribution >= 0.6 is 0 Å². The molecule has 0 amide bonds. The lowest BCUT2D eigenvalue weighted by Gasteiger charge is -2.61. The lowest BCUT2D eigenvalue weighted by Crippen LogP contribution is -2.62. The van der Waals surface area contributed by atoms with Gasteiger partial charge in [0.15, 0.2) is 0 Å². The molecule has 5 fully saturated rings. The van der Waals surface area contributed by atoms with Crippen molar-refractivity contribution in [2.24, 2.45) is 5.92 Å². The molecule has 5 heteroatoms. The molecule has 38 heavy (non-hydrogen) atoms. The fourth-order valence-electron chi connectivity index (χ4n) is 8.18. The van der Waals surface area contributed by atoms with E-state index in [0.29, 0.717) is 24.2 Å². The van der Waals surface area contributed by atoms with Crippen LogP contribution in [-0.2, 0) is 9.53 Å². The number of carbonyl (C=O) groups is 1. The fraction of sp³-hybridized carbons (Fsp3) is 0.606. The molecule has 5 nitrogen and oxygen atoms in total. The summed E-state index contributed by atoms with van der Waals surface area (Å²) in [5.74, 6) is 1.15. The van der Waals surface area contributed by atoms with E-state index in [1.54, 1.807) is 0 Å². The van der Waals surface area contributed by atoms with E-state index in [1.807, 2.05) is 0 Å². The summed E-state index contributed by atoms with van der Waals surface area (Å²) in [6, 6.07) is 22.2. The van der Waals surface area contributed by atoms with Gasteiger partial charge in [0.05, 0.1) is 0 Å². The predicted octanol–water partition coefficient (Wildman–Crippen LogP) is 5.14. The maximum Gasteiger partial charge on any atom is 0.306 e. The van der Waals surface area contributed by atoms with E-state index >= 15 is 0 Å². The average molecular weight is 516 g/mol. The fourth-order valence-corrected chi connectivity index (χ4v) is 8.18. The Bertz CT molecular complexity index is 997. The third-order valence-corrected chi connectivity index (χ3v) is 10.1. The van der Waals surface area contributed by atoms with Crippen molar-refractivity contribution in [3.05, 3.63) is 71.8 Å². The number of likely N-dealkylation sites (N-methyl/N-ethyl adjacent to an activating group) is 1. The van der Waals surface area contributed by atoms with Crippen molar-refractivity contribution in [3.8, 4) is 0 Å². The second-order valence-electron chi connectivity index (χ2n) is 12.4. The molecular weight excluding hydrogens is 470 g/mol. The Labute approximate surface area is 229 Å². The van der Waals surface area contributed by atoms with E-state index in [0.717, 1.165) is 45.6 Å². The first-order valence-corrected chi connectivity index (χ1v) is 15.1. The van der Waals surface area contributed by atoms with Gasteiger partial charge in [0.2, 0.25) is 0 Å². The number of rotatable bonds is 8. The summed E-state index contributed by atoms with van der Waals surface area (Å²) in [6.07, 6.45) is 7.32. The summed E-state index contributed by atoms with van der Waals surface area (Å²) in [7, 11) is 2.19. The lowest BCUT2D eigenvalue weighted by molar-refractivity contribution is -0.168. The largest absolute Gasteiger partial charge is 0.462 e. The summed E-state index contributed by atoms with van der Waals surface area (Å²) in [5, 5.41) is 0. The normalized spacial score (nSPS) is 32.4. The summed E-state index contributed by atoms with van der Waals surface area (Å²) in [5.41, 5.74) is 2.94. The molecule has 3 atom stereocenters. The Morgan fingerprint density at radius 1 is 0.816 bits per heavy atom. The highest BCUT2D eigenvalue weighted by molar-refractivity contribution is 5.69. The van der Waals surface area contributed by atoms with Gasteiger partial charge >= 0.3 is 5.97 Å². The topological polar surface area (TPSA) is 36.0 Å². The molecule has 0 radical (unpaired) electrons. The van der Waals surface area contributed by atoms with Gasteiger partial charge in [-0.1, -0.05) is 60.7 Å². The molecule has 3 aliphatic carbocycles. The number of esters is 1. The third-order valence-electron chi connectivity index (χ3n) is 10.1. The van der Waals surface area contributed by atoms with Gasteiger partial charge in [-0.05, 0) is 81.7 Å². The van der Waals surface area contributed by atoms with Crippen LogP contribution in [-0.4, -0.2) is 85.2 Å². The number of benzene rings is 2. The van der Waals surface area contributed by atoms with Gasteiger partial charge < -0.3 is 14.5 Å². The first kappa shape index (κ1) is 26.0. The highest BCUT2D eigenvalue weighted by Crippen LogP contribution is 2.61. The van der Waals surface area contributed by atoms with E-state index < -0.39 is 0 Å². The number of carbonyl (C=O) groups excluding carboxylic acids is 1. The maximum absolute atomic E-state index is 13.3. The van der Waals surface area contributed by atoms with Crippen LogP contribution in [0.25, 0.3) is 0 Å². The Morgan fingerprint density at radius 2 is 1.39 bits per heavy atom. The number of piperazine rings is 1. The van der Waals surface area contributed by atoms with Gasteiger partial charge in [-0.2, -0.15) is 0 Å². The van der Waals surface area contributed by atoms with Crippen molar-refractivity contribution in [2.45, 2.75) is 68.4 Å². The van der Waals surface area contributed by atoms with Crippen molar-refractivity contribution in [1.29, 1.82) is 0 Å². The van der Waals surface area contributed by atoms with E-state index in [4.69, 9.17) is 4.74 Å². The predicted molar refractivity (Wildman–Crippen MR) is 152 cm³/mol. The molecule has 204 valence electrons. The quantitative estimate of drug-likeness (QED) is 0.455. The number of hydrogen-bond donors (Lipinski definition) is 0. The van der Waals surface area contributed by atoms with Gasteiger partial charge in [-0.15, -0.1) is 0 Å². The molecule has 2 aromatic rings. The van der Waals surface area contributed by atoms with E-state index in [2.05, 4.69) is 82.4 Å². The molecule has 0 aromatic heterocycles. The van der Waals surface area contributed by atoms with Crippen LogP contribution in [0.15, 0.2) is 60.7 Å². The second kappa shape index (κ2) is 11.5. The zero-order valence-corrected chi connectivity index (χ0v) is 23.1. The van der Waals surface area contributed by atoms with Crippen molar-refractivity contribution in [2.75, 3.05) is 52.9 Å². The first-order chi connectivity index (χ1) is 18.6. The van der Waals surface area contributed by atoms with Crippen LogP contribution in [0.1, 0.15) is 67.9 Å². The molecule has 2 aliphatic heterocycles. The van der Waals surface area contributed by atoms with Crippen LogP contribution in [0.5, 0.6) is 0 Å². The Hall–Kier alpha value is -2.21. The SMILES string of the molecule is CN1CCN(CCCC(=O)O[C@H]2CC3(N4CCCC4)C[C@@H](c4ccccc4)C2[C@H](c2ccccc2)C3)CC1. The molecule has 2 heterocycles. The summed E-state index contributed by atoms with van der Waals surface area (Å²) in [4.78, 5) is 21.0. The Kier molecular flexibility index (Phi) is 7.87. The van der Waals surface area contributed by atoms with Crippen LogP contribution in [0.2, 0.25) is 0 Å². The minimum absolute atomic E-state index is 0.00636. The number of ether oxygens (including phenoxy) is 1. The highest BCUT2D eigenvalue weighted by atomic mass is 16.5. The van der Waals surface area contributed by atoms with Gasteiger partial charge in [0.25, 0.3) is 0 Å². The van der Waals surface area contributed by atoms with Crippen LogP contribution in [0, 0.1) is 5.92 Å². The molecular formula is C33H45N3O2. The molecule has 0 N–H and O–H groups in total. The van der Waals surface area contributed by atoms with Gasteiger partial charge in [0, 0.05) is 50.5 Å². The smallest absolute Gasteiger partial charge is 0.306 e. The number of likely N-dealkylation sites (tertiary alicyclic amines) is 1. The maximum atomic E-state index is 13.3. The van der Waals surface area contributed by atoms with Crippen LogP contribution < -0.4 is 0 Å². The minimum atomic E-state index is -0.0235. The van der Waals surface area contributed by atoms with Crippen molar-refractivity contribution in [1.82, 2.24) is 14.7 Å². The molecule has 5 aliphatic rings. The van der Waals surface area contributed by atoms with E-state index in [9.17, 15) is 4.79 Å². The van der Waals surface area contributed by atoms with Gasteiger partial charge in [-0.3, -0.25) is 9.69 Å². The standard InChI is InChI=1S/C33H45N3O2/c1-34-19-21-35(22-20-34)16-10-15-31(37)38-30-25-33(36-17-8-9-18-36)23-28(26-11-4-2-5-12-26)32(30)29(24-33)27-13-6-3-7-14-27/h2-7,11-14,28-30,32H,8-10,15-25H2,1H3/t28-,29-,30-,32?,33?/m0/s1. The monoisotopic (exact) mass is 515 g/mol. The van der Waals surface area contributed by atoms with E-state index in [-0.39, 0.29) is 17.6 Å². The number of hydrogen-bond acceptors (Lipinski definition) is 5. The molecule has 2 aromatic carbocycles. The third kappa shape index (κ3) is 5.43. The minimum Gasteiger partial charge on any atom is -0.462 e. The van der Waals surface area contributed by atoms with Gasteiger partial charge in [-0.25, -0.2) is 0 Å². The molecule has 0 unspecified atom stereocenters. The zero-order valence-electron chi connectivity index (χ0n) is 23.1. The second-order valence-corrected chi connectivity index (χ2v) is 12.4. The van der Waals surface area contributed by atoms with Crippen molar-refractivity contribution in [3.63, 3.8) is 0 Å². The van der Waals surface area contributed by atoms with Crippen LogP contribution in [0.3, 0.4) is 0 Å². The summed E-state index contributed by atoms with van der Waals surface area (Å²) in [6.45, 7) is 7.80. The van der Waals surface area contributed by atoms with Gasteiger partial charge in [0.1, 0.15) is 6.10 Å². The Morgan fingerprint density at radius 3 is 1.97 bits per heavy atom. The van der Waals surface area contributed by atoms with Crippen LogP contribution in [0.4, 0.5) is 0 Å². The Balaban J connectivity index is 1.24. The summed E-state index contributed by atoms with van der Waals surface area (Å²) < 4.78 is 6.53. The molecule has 2 saturated heterocycles. The molecule has 2 bridgehead atoms. The number of nitrogens with zero attached hydrogens (tertiary/aromatic N) is 3. The zero-order chi connectivity index (χ0) is 26.0. The number of fused-ring (bicyclic) bond motifs is 3. The van der Waals surface area contributed by atoms with Crippen molar-refractivity contribution >= 4 is 5.97 Å². The first-order valence-electron chi connectivity index (χ1n) is 15.1. The van der Waals surface area contributed by atoms with E-state index in [1.165, 1.54) is 49.9 Å². The highest BCUT2D eigenvalue weighted by Gasteiger charge is 2.59. The molecule has 7 rings (SSSR count). The van der Waals surface area contributed by atoms with Crippen molar-refractivity contribution < 1.29 is 9.53 Å². The lowest BCUT2D eigenvalue weighted by atomic mass is 9.51. The molecule has 0 spiro atoms. The molecule has 3 saturated carbocycles. The average Bonchev–Trinajstić information content (AvgIpc) is 3.51.